The number of thioether (sulfide) groups is 1. The first-order valence-electron chi connectivity index (χ1n) is 10.8. The molecule has 1 aliphatic rings. The van der Waals surface area contributed by atoms with Gasteiger partial charge < -0.3 is 9.47 Å². The predicted octanol–water partition coefficient (Wildman–Crippen LogP) is 3.12. The number of nitrogens with one attached hydrogen (secondary N) is 2. The molecule has 2 unspecified atom stereocenters. The maximum absolute atomic E-state index is 12.3. The van der Waals surface area contributed by atoms with Crippen molar-refractivity contribution in [1.82, 2.24) is 20.8 Å². The molecule has 0 spiro atoms. The molecule has 9 heteroatoms. The van der Waals surface area contributed by atoms with Crippen molar-refractivity contribution in [1.29, 1.82) is 0 Å². The van der Waals surface area contributed by atoms with Gasteiger partial charge in [0.05, 0.1) is 12.7 Å². The molecule has 2 heterocycles. The molecule has 0 saturated carbocycles. The summed E-state index contributed by atoms with van der Waals surface area (Å²) in [6.45, 7) is 6.65. The van der Waals surface area contributed by atoms with Crippen molar-refractivity contribution in [3.8, 4) is 0 Å². The topological polar surface area (TPSA) is 102 Å². The van der Waals surface area contributed by atoms with Gasteiger partial charge in [-0.3, -0.25) is 20.4 Å². The Balaban J connectivity index is 1.41. The van der Waals surface area contributed by atoms with Crippen LogP contribution in [-0.2, 0) is 20.0 Å². The van der Waals surface area contributed by atoms with Gasteiger partial charge >= 0.3 is 0 Å². The third kappa shape index (κ3) is 7.58. The van der Waals surface area contributed by atoms with Crippen molar-refractivity contribution >= 4 is 23.6 Å². The minimum atomic E-state index is -0.687. The van der Waals surface area contributed by atoms with E-state index in [0.29, 0.717) is 17.9 Å². The van der Waals surface area contributed by atoms with E-state index < -0.39 is 17.9 Å². The Hall–Kier alpha value is -2.49. The van der Waals surface area contributed by atoms with Crippen LogP contribution in [0.5, 0.6) is 0 Å². The molecule has 32 heavy (non-hydrogen) atoms. The second-order valence-corrected chi connectivity index (χ2v) is 8.77. The molecule has 0 bridgehead atoms. The third-order valence-corrected chi connectivity index (χ3v) is 5.94. The Kier molecular flexibility index (Phi) is 9.01. The Morgan fingerprint density at radius 2 is 1.88 bits per heavy atom. The number of hydrogen-bond acceptors (Lipinski definition) is 7. The lowest BCUT2D eigenvalue weighted by molar-refractivity contribution is -0.136. The third-order valence-electron chi connectivity index (χ3n) is 5.02. The lowest BCUT2D eigenvalue weighted by Crippen LogP contribution is -2.46. The Bertz CT molecular complexity index is 896. The highest BCUT2D eigenvalue weighted by Crippen LogP contribution is 2.20. The zero-order chi connectivity index (χ0) is 22.9. The maximum atomic E-state index is 12.3. The maximum Gasteiger partial charge on any atom is 0.269 e. The van der Waals surface area contributed by atoms with Crippen molar-refractivity contribution in [3.05, 3.63) is 52.8 Å². The normalized spacial score (nSPS) is 16.9. The quantitative estimate of drug-likeness (QED) is 0.356. The summed E-state index contributed by atoms with van der Waals surface area (Å²) in [6.07, 6.45) is 2.47. The molecule has 8 nitrogen and oxygen atoms in total. The second-order valence-electron chi connectivity index (χ2n) is 7.83. The summed E-state index contributed by atoms with van der Waals surface area (Å²) < 4.78 is 11.2. The molecule has 3 rings (SSSR count). The van der Waals surface area contributed by atoms with Crippen molar-refractivity contribution in [2.24, 2.45) is 0 Å². The minimum absolute atomic E-state index is 0.0340. The number of hydrazine groups is 1. The molecular formula is C23H30N4O4S. The largest absolute Gasteiger partial charge is 0.376 e. The fraction of sp³-hybridized carbons (Fsp3) is 0.478. The van der Waals surface area contributed by atoms with Crippen LogP contribution in [0.1, 0.15) is 53.5 Å². The molecule has 172 valence electrons. The first-order valence-corrected chi connectivity index (χ1v) is 11.8. The van der Waals surface area contributed by atoms with Crippen molar-refractivity contribution in [2.45, 2.75) is 63.2 Å². The Morgan fingerprint density at radius 1 is 1.16 bits per heavy atom. The fourth-order valence-corrected chi connectivity index (χ4v) is 4.12. The van der Waals surface area contributed by atoms with Crippen LogP contribution in [0.2, 0.25) is 0 Å². The van der Waals surface area contributed by atoms with E-state index >= 15 is 0 Å². The van der Waals surface area contributed by atoms with Gasteiger partial charge in [-0.2, -0.15) is 0 Å². The summed E-state index contributed by atoms with van der Waals surface area (Å²) in [4.78, 5) is 33.3. The molecule has 1 aliphatic heterocycles. The van der Waals surface area contributed by atoms with E-state index in [4.69, 9.17) is 9.47 Å². The standard InChI is InChI=1S/C23H30N4O4S/c1-15-12-16(2)25-23(24-15)32-14-18-7-9-19(10-8-18)22(29)27-26-21(28)17(3)31-13-20-6-4-5-11-30-20/h7-10,12,17,20H,4-6,11,13-14H2,1-3H3,(H,26,28)(H,27,29). The van der Waals surface area contributed by atoms with Gasteiger partial charge in [0.1, 0.15) is 6.10 Å². The van der Waals surface area contributed by atoms with Crippen LogP contribution in [-0.4, -0.2) is 47.2 Å². The first-order chi connectivity index (χ1) is 15.4. The summed E-state index contributed by atoms with van der Waals surface area (Å²) in [5.74, 6) is -0.102. The molecule has 2 amide bonds. The number of ether oxygens (including phenoxy) is 2. The molecule has 2 N–H and O–H groups in total. The molecule has 1 aromatic carbocycles. The number of carbonyl (C=O) groups excluding carboxylic acids is 2. The molecule has 0 aliphatic carbocycles. The average Bonchev–Trinajstić information content (AvgIpc) is 2.79. The Labute approximate surface area is 192 Å². The highest BCUT2D eigenvalue weighted by Gasteiger charge is 2.19. The lowest BCUT2D eigenvalue weighted by atomic mass is 10.1. The van der Waals surface area contributed by atoms with Gasteiger partial charge in [0.15, 0.2) is 5.16 Å². The number of hydrogen-bond donors (Lipinski definition) is 2. The van der Waals surface area contributed by atoms with E-state index in [-0.39, 0.29) is 6.10 Å². The van der Waals surface area contributed by atoms with Crippen molar-refractivity contribution in [3.63, 3.8) is 0 Å². The monoisotopic (exact) mass is 458 g/mol. The van der Waals surface area contributed by atoms with E-state index in [0.717, 1.165) is 48.0 Å². The van der Waals surface area contributed by atoms with Crippen LogP contribution in [0.15, 0.2) is 35.5 Å². The zero-order valence-corrected chi connectivity index (χ0v) is 19.5. The molecule has 1 saturated heterocycles. The highest BCUT2D eigenvalue weighted by atomic mass is 32.2. The van der Waals surface area contributed by atoms with Crippen LogP contribution in [0.4, 0.5) is 0 Å². The number of carbonyl (C=O) groups is 2. The second kappa shape index (κ2) is 11.9. The van der Waals surface area contributed by atoms with Gasteiger partial charge in [-0.15, -0.1) is 0 Å². The number of rotatable bonds is 8. The van der Waals surface area contributed by atoms with Gasteiger partial charge in [0.25, 0.3) is 11.8 Å². The van der Waals surface area contributed by atoms with Crippen LogP contribution >= 0.6 is 11.8 Å². The SMILES string of the molecule is Cc1cc(C)nc(SCc2ccc(C(=O)NNC(=O)C(C)OCC3CCCCO3)cc2)n1. The molecule has 1 aromatic heterocycles. The number of nitrogens with zero attached hydrogens (tertiary/aromatic N) is 2. The van der Waals surface area contributed by atoms with Crippen molar-refractivity contribution < 1.29 is 19.1 Å². The van der Waals surface area contributed by atoms with E-state index in [1.54, 1.807) is 30.8 Å². The van der Waals surface area contributed by atoms with Gasteiger partial charge in [-0.05, 0) is 63.8 Å². The Morgan fingerprint density at radius 3 is 2.53 bits per heavy atom. The van der Waals surface area contributed by atoms with Crippen LogP contribution in [0, 0.1) is 13.8 Å². The van der Waals surface area contributed by atoms with Crippen LogP contribution in [0.3, 0.4) is 0 Å². The fourth-order valence-electron chi connectivity index (χ4n) is 3.22. The number of aryl methyl sites for hydroxylation is 2. The molecule has 2 aromatic rings. The van der Waals surface area contributed by atoms with Crippen molar-refractivity contribution in [2.75, 3.05) is 13.2 Å². The van der Waals surface area contributed by atoms with Gasteiger partial charge in [-0.25, -0.2) is 9.97 Å². The van der Waals surface area contributed by atoms with E-state index in [9.17, 15) is 9.59 Å². The summed E-state index contributed by atoms with van der Waals surface area (Å²) in [6, 6.07) is 9.14. The summed E-state index contributed by atoms with van der Waals surface area (Å²) in [7, 11) is 0. The molecule has 2 atom stereocenters. The molecule has 1 fully saturated rings. The van der Waals surface area contributed by atoms with E-state index in [1.807, 2.05) is 32.0 Å². The van der Waals surface area contributed by atoms with Crippen LogP contribution < -0.4 is 10.9 Å². The average molecular weight is 459 g/mol. The van der Waals surface area contributed by atoms with Gasteiger partial charge in [0.2, 0.25) is 0 Å². The molecule has 0 radical (unpaired) electrons. The smallest absolute Gasteiger partial charge is 0.269 e. The van der Waals surface area contributed by atoms with Gasteiger partial charge in [-0.1, -0.05) is 23.9 Å². The molecular weight excluding hydrogens is 428 g/mol. The lowest BCUT2D eigenvalue weighted by Gasteiger charge is -2.23. The summed E-state index contributed by atoms with van der Waals surface area (Å²) in [5.41, 5.74) is 8.23. The number of aromatic nitrogens is 2. The predicted molar refractivity (Wildman–Crippen MR) is 122 cm³/mol. The van der Waals surface area contributed by atoms with Gasteiger partial charge in [0, 0.05) is 29.3 Å². The summed E-state index contributed by atoms with van der Waals surface area (Å²) in [5, 5.41) is 0.735. The van der Waals surface area contributed by atoms with E-state index in [1.165, 1.54) is 0 Å². The number of amides is 2. The minimum Gasteiger partial charge on any atom is -0.376 e. The number of benzene rings is 1. The highest BCUT2D eigenvalue weighted by molar-refractivity contribution is 7.98. The van der Waals surface area contributed by atoms with E-state index in [2.05, 4.69) is 20.8 Å². The first kappa shape index (κ1) is 24.2. The van der Waals surface area contributed by atoms with Crippen LogP contribution in [0.25, 0.3) is 0 Å². The zero-order valence-electron chi connectivity index (χ0n) is 18.7. The summed E-state index contributed by atoms with van der Waals surface area (Å²) >= 11 is 1.55.